The fourth-order valence-electron chi connectivity index (χ4n) is 2.72. The summed E-state index contributed by atoms with van der Waals surface area (Å²) in [5.41, 5.74) is 1.15. The van der Waals surface area contributed by atoms with Gasteiger partial charge in [-0.3, -0.25) is 4.79 Å². The monoisotopic (exact) mass is 397 g/mol. The van der Waals surface area contributed by atoms with Crippen LogP contribution >= 0.6 is 0 Å². The van der Waals surface area contributed by atoms with Crippen LogP contribution in [0.3, 0.4) is 0 Å². The number of nitrogens with one attached hydrogen (secondary N) is 1. The molecule has 27 heavy (non-hydrogen) atoms. The molecule has 0 fully saturated rings. The van der Waals surface area contributed by atoms with Crippen molar-refractivity contribution in [1.29, 1.82) is 0 Å². The number of carboxylic acids is 1. The SMILES string of the molecule is CCNS(=O)(=O)/C(=C/c1cc(C(C)(C)C)c(O)c(C(C)(C)C)c1)CC(=O)O. The fourth-order valence-corrected chi connectivity index (χ4v) is 3.89. The van der Waals surface area contributed by atoms with Gasteiger partial charge in [0.2, 0.25) is 10.0 Å². The van der Waals surface area contributed by atoms with Gasteiger partial charge in [0, 0.05) is 17.7 Å². The Morgan fingerprint density at radius 2 is 1.52 bits per heavy atom. The Kier molecular flexibility index (Phi) is 6.89. The standard InChI is InChI=1S/C20H31NO5S/c1-8-21-27(25,26)14(12-17(22)23)9-13-10-15(19(2,3)4)18(24)16(11-13)20(5,6)7/h9-11,21,24H,8,12H2,1-7H3,(H,22,23)/b14-9+. The van der Waals surface area contributed by atoms with Crippen LogP contribution < -0.4 is 4.72 Å². The fraction of sp³-hybridized carbons (Fsp3) is 0.550. The first-order valence-electron chi connectivity index (χ1n) is 8.89. The predicted octanol–water partition coefficient (Wildman–Crippen LogP) is 3.74. The van der Waals surface area contributed by atoms with Gasteiger partial charge in [-0.05, 0) is 34.6 Å². The normalized spacial score (nSPS) is 13.7. The summed E-state index contributed by atoms with van der Waals surface area (Å²) in [6, 6.07) is 3.43. The summed E-state index contributed by atoms with van der Waals surface area (Å²) in [6.45, 7) is 13.5. The highest BCUT2D eigenvalue weighted by molar-refractivity contribution is 7.93. The molecular weight excluding hydrogens is 366 g/mol. The average molecular weight is 398 g/mol. The van der Waals surface area contributed by atoms with E-state index in [9.17, 15) is 18.3 Å². The molecule has 0 saturated heterocycles. The number of sulfonamides is 1. The van der Waals surface area contributed by atoms with Crippen molar-refractivity contribution >= 4 is 22.1 Å². The number of aliphatic carboxylic acids is 1. The van der Waals surface area contributed by atoms with E-state index in [-0.39, 0.29) is 28.0 Å². The van der Waals surface area contributed by atoms with Crippen molar-refractivity contribution in [3.8, 4) is 5.75 Å². The lowest BCUT2D eigenvalue weighted by molar-refractivity contribution is -0.136. The zero-order chi connectivity index (χ0) is 21.2. The molecule has 0 bridgehead atoms. The quantitative estimate of drug-likeness (QED) is 0.678. The zero-order valence-electron chi connectivity index (χ0n) is 17.2. The van der Waals surface area contributed by atoms with Crippen LogP contribution in [0.25, 0.3) is 6.08 Å². The van der Waals surface area contributed by atoms with Crippen molar-refractivity contribution in [2.45, 2.75) is 65.7 Å². The van der Waals surface area contributed by atoms with E-state index in [0.717, 1.165) is 0 Å². The molecule has 0 aromatic heterocycles. The number of phenolic OH excluding ortho intramolecular Hbond substituents is 1. The molecular formula is C20H31NO5S. The minimum Gasteiger partial charge on any atom is -0.507 e. The Bertz CT molecular complexity index is 805. The first-order valence-corrected chi connectivity index (χ1v) is 10.4. The Hall–Kier alpha value is -1.86. The number of phenols is 1. The van der Waals surface area contributed by atoms with Gasteiger partial charge in [-0.15, -0.1) is 0 Å². The maximum absolute atomic E-state index is 12.4. The molecule has 0 aliphatic rings. The van der Waals surface area contributed by atoms with Crippen molar-refractivity contribution in [2.24, 2.45) is 0 Å². The number of hydrogen-bond donors (Lipinski definition) is 3. The highest BCUT2D eigenvalue weighted by Crippen LogP contribution is 2.40. The van der Waals surface area contributed by atoms with Gasteiger partial charge in [-0.2, -0.15) is 0 Å². The molecule has 3 N–H and O–H groups in total. The summed E-state index contributed by atoms with van der Waals surface area (Å²) in [5.74, 6) is -1.05. The second-order valence-corrected chi connectivity index (χ2v) is 10.5. The molecule has 0 amide bonds. The Labute approximate surface area is 162 Å². The molecule has 1 aromatic carbocycles. The van der Waals surface area contributed by atoms with E-state index in [2.05, 4.69) is 4.72 Å². The molecule has 1 rings (SSSR count). The van der Waals surface area contributed by atoms with E-state index < -0.39 is 22.4 Å². The molecule has 0 aliphatic heterocycles. The van der Waals surface area contributed by atoms with Gasteiger partial charge in [-0.25, -0.2) is 13.1 Å². The van der Waals surface area contributed by atoms with E-state index in [1.165, 1.54) is 6.08 Å². The Balaban J connectivity index is 3.76. The van der Waals surface area contributed by atoms with Gasteiger partial charge in [0.1, 0.15) is 5.75 Å². The summed E-state index contributed by atoms with van der Waals surface area (Å²) < 4.78 is 27.2. The zero-order valence-corrected chi connectivity index (χ0v) is 18.0. The molecule has 6 nitrogen and oxygen atoms in total. The van der Waals surface area contributed by atoms with Gasteiger partial charge in [0.15, 0.2) is 0 Å². The van der Waals surface area contributed by atoms with Crippen LogP contribution in [0.4, 0.5) is 0 Å². The topological polar surface area (TPSA) is 104 Å². The second kappa shape index (κ2) is 8.02. The second-order valence-electron chi connectivity index (χ2n) is 8.65. The van der Waals surface area contributed by atoms with Gasteiger partial charge < -0.3 is 10.2 Å². The minimum atomic E-state index is -3.90. The lowest BCUT2D eigenvalue weighted by Crippen LogP contribution is -2.25. The smallest absolute Gasteiger partial charge is 0.308 e. The minimum absolute atomic E-state index is 0.162. The molecule has 0 radical (unpaired) electrons. The lowest BCUT2D eigenvalue weighted by atomic mass is 9.78. The molecule has 0 aliphatic carbocycles. The molecule has 1 aromatic rings. The van der Waals surface area contributed by atoms with E-state index >= 15 is 0 Å². The van der Waals surface area contributed by atoms with Crippen LogP contribution in [-0.2, 0) is 25.6 Å². The lowest BCUT2D eigenvalue weighted by Gasteiger charge is -2.28. The van der Waals surface area contributed by atoms with Crippen LogP contribution in [-0.4, -0.2) is 31.1 Å². The Morgan fingerprint density at radius 1 is 1.07 bits per heavy atom. The maximum atomic E-state index is 12.4. The summed E-state index contributed by atoms with van der Waals surface area (Å²) in [5, 5.41) is 19.9. The first-order chi connectivity index (χ1) is 12.1. The summed E-state index contributed by atoms with van der Waals surface area (Å²) in [6.07, 6.45) is 0.752. The number of benzene rings is 1. The third kappa shape index (κ3) is 6.07. The average Bonchev–Trinajstić information content (AvgIpc) is 2.45. The highest BCUT2D eigenvalue weighted by atomic mass is 32.2. The molecule has 0 heterocycles. The molecule has 0 saturated carbocycles. The van der Waals surface area contributed by atoms with Crippen molar-refractivity contribution < 1.29 is 23.4 Å². The predicted molar refractivity (Wildman–Crippen MR) is 108 cm³/mol. The highest BCUT2D eigenvalue weighted by Gasteiger charge is 2.27. The number of rotatable bonds is 6. The van der Waals surface area contributed by atoms with Crippen molar-refractivity contribution in [1.82, 2.24) is 4.72 Å². The summed E-state index contributed by atoms with van der Waals surface area (Å²) in [7, 11) is -3.90. The third-order valence-corrected chi connectivity index (χ3v) is 5.70. The first kappa shape index (κ1) is 23.2. The van der Waals surface area contributed by atoms with E-state index in [0.29, 0.717) is 16.7 Å². The van der Waals surface area contributed by atoms with Gasteiger partial charge >= 0.3 is 5.97 Å². The third-order valence-electron chi connectivity index (χ3n) is 4.08. The molecule has 0 atom stereocenters. The molecule has 0 spiro atoms. The van der Waals surface area contributed by atoms with Crippen LogP contribution in [0.1, 0.15) is 71.6 Å². The van der Waals surface area contributed by atoms with Gasteiger partial charge in [0.25, 0.3) is 0 Å². The van der Waals surface area contributed by atoms with Crippen molar-refractivity contribution in [3.63, 3.8) is 0 Å². The van der Waals surface area contributed by atoms with Gasteiger partial charge in [0.05, 0.1) is 11.3 Å². The molecule has 7 heteroatoms. The summed E-state index contributed by atoms with van der Waals surface area (Å²) in [4.78, 5) is 11.0. The van der Waals surface area contributed by atoms with Crippen molar-refractivity contribution in [2.75, 3.05) is 6.54 Å². The molecule has 152 valence electrons. The van der Waals surface area contributed by atoms with Gasteiger partial charge in [-0.1, -0.05) is 48.5 Å². The van der Waals surface area contributed by atoms with Crippen LogP contribution in [0.15, 0.2) is 17.0 Å². The van der Waals surface area contributed by atoms with E-state index in [4.69, 9.17) is 5.11 Å². The number of carbonyl (C=O) groups is 1. The van der Waals surface area contributed by atoms with Crippen LogP contribution in [0.5, 0.6) is 5.75 Å². The Morgan fingerprint density at radius 3 is 1.85 bits per heavy atom. The summed E-state index contributed by atoms with van der Waals surface area (Å²) >= 11 is 0. The van der Waals surface area contributed by atoms with E-state index in [1.807, 2.05) is 41.5 Å². The number of hydrogen-bond acceptors (Lipinski definition) is 4. The van der Waals surface area contributed by atoms with Crippen molar-refractivity contribution in [3.05, 3.63) is 33.7 Å². The van der Waals surface area contributed by atoms with Crippen LogP contribution in [0, 0.1) is 0 Å². The number of carboxylic acid groups (broad SMARTS) is 1. The largest absolute Gasteiger partial charge is 0.507 e. The maximum Gasteiger partial charge on any atom is 0.308 e. The van der Waals surface area contributed by atoms with Crippen LogP contribution in [0.2, 0.25) is 0 Å². The van der Waals surface area contributed by atoms with E-state index in [1.54, 1.807) is 19.1 Å². The molecule has 0 unspecified atom stereocenters. The number of aromatic hydroxyl groups is 1.